The summed E-state index contributed by atoms with van der Waals surface area (Å²) in [5.74, 6) is 1.71. The van der Waals surface area contributed by atoms with E-state index >= 15 is 0 Å². The molecule has 0 amide bonds. The highest BCUT2D eigenvalue weighted by Gasteiger charge is 2.46. The molecule has 5 nitrogen and oxygen atoms in total. The predicted octanol–water partition coefficient (Wildman–Crippen LogP) is 3.37. The lowest BCUT2D eigenvalue weighted by atomic mass is 9.80. The van der Waals surface area contributed by atoms with Gasteiger partial charge in [0, 0.05) is 29.5 Å². The second kappa shape index (κ2) is 6.47. The molecule has 1 fully saturated rings. The molecule has 1 aromatic carbocycles. The fourth-order valence-electron chi connectivity index (χ4n) is 4.23. The van der Waals surface area contributed by atoms with Crippen molar-refractivity contribution in [1.82, 2.24) is 9.97 Å². The first-order valence-corrected chi connectivity index (χ1v) is 9.04. The number of aldehydes is 1. The summed E-state index contributed by atoms with van der Waals surface area (Å²) in [4.78, 5) is 22.5. The van der Waals surface area contributed by atoms with Gasteiger partial charge in [0.05, 0.1) is 12.6 Å². The lowest BCUT2D eigenvalue weighted by Crippen LogP contribution is -2.49. The molecule has 0 spiro atoms. The molecule has 25 heavy (non-hydrogen) atoms. The van der Waals surface area contributed by atoms with E-state index in [0.29, 0.717) is 30.4 Å². The summed E-state index contributed by atoms with van der Waals surface area (Å²) in [6.07, 6.45) is 5.32. The number of anilines is 2. The predicted molar refractivity (Wildman–Crippen MR) is 98.7 cm³/mol. The van der Waals surface area contributed by atoms with E-state index in [1.54, 1.807) is 6.20 Å². The fourth-order valence-corrected chi connectivity index (χ4v) is 4.23. The number of nitrogens with zero attached hydrogens (tertiary/aromatic N) is 3. The maximum absolute atomic E-state index is 11.3. The van der Waals surface area contributed by atoms with Crippen LogP contribution in [0.2, 0.25) is 0 Å². The van der Waals surface area contributed by atoms with Crippen LogP contribution in [0.15, 0.2) is 36.5 Å². The third-order valence-electron chi connectivity index (χ3n) is 5.46. The van der Waals surface area contributed by atoms with Crippen LogP contribution in [0.5, 0.6) is 0 Å². The Hall–Kier alpha value is -2.43. The number of nitrogens with one attached hydrogen (secondary N) is 1. The molecule has 1 saturated carbocycles. The smallest absolute Gasteiger partial charge is 0.223 e. The molecular weight excluding hydrogens is 312 g/mol. The van der Waals surface area contributed by atoms with Gasteiger partial charge in [0.15, 0.2) is 0 Å². The Morgan fingerprint density at radius 3 is 2.80 bits per heavy atom. The van der Waals surface area contributed by atoms with Gasteiger partial charge in [0.25, 0.3) is 0 Å². The molecule has 0 saturated heterocycles. The Balaban J connectivity index is 1.74. The van der Waals surface area contributed by atoms with E-state index < -0.39 is 0 Å². The van der Waals surface area contributed by atoms with Gasteiger partial charge >= 0.3 is 0 Å². The van der Waals surface area contributed by atoms with Gasteiger partial charge in [0.1, 0.15) is 6.29 Å². The Kier molecular flexibility index (Phi) is 4.15. The summed E-state index contributed by atoms with van der Waals surface area (Å²) in [6.45, 7) is 4.71. The van der Waals surface area contributed by atoms with Crippen LogP contribution in [0.3, 0.4) is 0 Å². The van der Waals surface area contributed by atoms with Crippen molar-refractivity contribution in [2.75, 3.05) is 16.8 Å². The fraction of sp³-hybridized carbons (Fsp3) is 0.450. The molecule has 1 aliphatic heterocycles. The zero-order chi connectivity index (χ0) is 17.4. The largest absolute Gasteiger partial charge is 0.361 e. The first kappa shape index (κ1) is 16.1. The molecule has 1 N–H and O–H groups in total. The molecule has 5 heteroatoms. The van der Waals surface area contributed by atoms with Crippen molar-refractivity contribution in [2.45, 2.75) is 38.8 Å². The van der Waals surface area contributed by atoms with Crippen LogP contribution in [0.1, 0.15) is 37.1 Å². The van der Waals surface area contributed by atoms with Crippen molar-refractivity contribution >= 4 is 17.9 Å². The molecule has 4 rings (SSSR count). The number of carbonyl (C=O) groups is 1. The highest BCUT2D eigenvalue weighted by Crippen LogP contribution is 2.49. The van der Waals surface area contributed by atoms with Gasteiger partial charge in [0.2, 0.25) is 5.95 Å². The van der Waals surface area contributed by atoms with Crippen LogP contribution < -0.4 is 10.2 Å². The van der Waals surface area contributed by atoms with E-state index in [1.165, 1.54) is 18.4 Å². The van der Waals surface area contributed by atoms with Gasteiger partial charge in [-0.1, -0.05) is 25.1 Å². The SMILES string of the molecule is Cc1ccnc(N[C@H]2c3ccccc3N(CC=O)[C@@H](C3CC3)[C@@H]2C)n1. The number of para-hydroxylation sites is 1. The third kappa shape index (κ3) is 2.99. The number of fused-ring (bicyclic) bond motifs is 1. The third-order valence-corrected chi connectivity index (χ3v) is 5.46. The topological polar surface area (TPSA) is 58.1 Å². The van der Waals surface area contributed by atoms with Crippen LogP contribution in [0.4, 0.5) is 11.6 Å². The molecule has 2 aromatic rings. The Morgan fingerprint density at radius 2 is 2.08 bits per heavy atom. The van der Waals surface area contributed by atoms with Gasteiger partial charge in [-0.3, -0.25) is 0 Å². The van der Waals surface area contributed by atoms with E-state index in [9.17, 15) is 4.79 Å². The van der Waals surface area contributed by atoms with Crippen LogP contribution >= 0.6 is 0 Å². The number of carbonyl (C=O) groups excluding carboxylic acids is 1. The number of rotatable bonds is 5. The minimum absolute atomic E-state index is 0.145. The quantitative estimate of drug-likeness (QED) is 0.848. The minimum atomic E-state index is 0.145. The van der Waals surface area contributed by atoms with Crippen molar-refractivity contribution in [3.05, 3.63) is 47.8 Å². The van der Waals surface area contributed by atoms with Crippen LogP contribution in [-0.2, 0) is 4.79 Å². The lowest BCUT2D eigenvalue weighted by Gasteiger charge is -2.46. The summed E-state index contributed by atoms with van der Waals surface area (Å²) in [6, 6.07) is 10.8. The summed E-state index contributed by atoms with van der Waals surface area (Å²) in [7, 11) is 0. The molecule has 2 heterocycles. The summed E-state index contributed by atoms with van der Waals surface area (Å²) < 4.78 is 0. The second-order valence-electron chi connectivity index (χ2n) is 7.21. The van der Waals surface area contributed by atoms with Crippen molar-refractivity contribution in [2.24, 2.45) is 11.8 Å². The Bertz CT molecular complexity index is 774. The van der Waals surface area contributed by atoms with Crippen molar-refractivity contribution in [3.63, 3.8) is 0 Å². The molecule has 1 aliphatic carbocycles. The highest BCUT2D eigenvalue weighted by molar-refractivity contribution is 5.67. The molecule has 2 aliphatic rings. The summed E-state index contributed by atoms with van der Waals surface area (Å²) in [5.41, 5.74) is 3.34. The maximum atomic E-state index is 11.3. The van der Waals surface area contributed by atoms with Gasteiger partial charge in [-0.15, -0.1) is 0 Å². The standard InChI is InChI=1S/C20H24N4O/c1-13-9-10-21-20(22-13)23-18-14(2)19(15-7-8-15)24(11-12-25)17-6-4-3-5-16(17)18/h3-6,9-10,12,14-15,18-19H,7-8,11H2,1-2H3,(H,21,22,23)/t14-,18-,19-/m1/s1. The van der Waals surface area contributed by atoms with E-state index in [0.717, 1.165) is 17.7 Å². The van der Waals surface area contributed by atoms with E-state index in [1.807, 2.05) is 13.0 Å². The minimum Gasteiger partial charge on any atom is -0.361 e. The number of hydrogen-bond acceptors (Lipinski definition) is 5. The molecular formula is C20H24N4O. The highest BCUT2D eigenvalue weighted by atomic mass is 16.1. The monoisotopic (exact) mass is 336 g/mol. The molecule has 0 bridgehead atoms. The number of aryl methyl sites for hydroxylation is 1. The first-order valence-electron chi connectivity index (χ1n) is 9.04. The molecule has 0 unspecified atom stereocenters. The van der Waals surface area contributed by atoms with E-state index in [4.69, 9.17) is 0 Å². The average Bonchev–Trinajstić information content (AvgIpc) is 3.43. The van der Waals surface area contributed by atoms with Crippen molar-refractivity contribution in [3.8, 4) is 0 Å². The van der Waals surface area contributed by atoms with Gasteiger partial charge in [-0.25, -0.2) is 9.97 Å². The number of hydrogen-bond donors (Lipinski definition) is 1. The van der Waals surface area contributed by atoms with E-state index in [2.05, 4.69) is 51.4 Å². The van der Waals surface area contributed by atoms with Crippen LogP contribution in [0.25, 0.3) is 0 Å². The zero-order valence-electron chi connectivity index (χ0n) is 14.7. The Labute approximate surface area is 148 Å². The summed E-state index contributed by atoms with van der Waals surface area (Å²) >= 11 is 0. The molecule has 1 aromatic heterocycles. The maximum Gasteiger partial charge on any atom is 0.223 e. The van der Waals surface area contributed by atoms with Gasteiger partial charge < -0.3 is 15.0 Å². The van der Waals surface area contributed by atoms with Gasteiger partial charge in [-0.2, -0.15) is 0 Å². The number of benzene rings is 1. The first-order chi connectivity index (χ1) is 12.2. The van der Waals surface area contributed by atoms with E-state index in [-0.39, 0.29) is 6.04 Å². The van der Waals surface area contributed by atoms with Crippen LogP contribution in [-0.4, -0.2) is 28.8 Å². The molecule has 130 valence electrons. The van der Waals surface area contributed by atoms with Crippen molar-refractivity contribution in [1.29, 1.82) is 0 Å². The Morgan fingerprint density at radius 1 is 1.28 bits per heavy atom. The second-order valence-corrected chi connectivity index (χ2v) is 7.21. The molecule has 3 atom stereocenters. The van der Waals surface area contributed by atoms with Crippen LogP contribution in [0, 0.1) is 18.8 Å². The average molecular weight is 336 g/mol. The van der Waals surface area contributed by atoms with Gasteiger partial charge in [-0.05, 0) is 43.4 Å². The zero-order valence-corrected chi connectivity index (χ0v) is 14.7. The number of aromatic nitrogens is 2. The van der Waals surface area contributed by atoms with Crippen molar-refractivity contribution < 1.29 is 4.79 Å². The normalized spacial score (nSPS) is 25.4. The molecule has 0 radical (unpaired) electrons. The summed E-state index contributed by atoms with van der Waals surface area (Å²) in [5, 5.41) is 3.57. The lowest BCUT2D eigenvalue weighted by molar-refractivity contribution is -0.106.